The number of rotatable bonds is 0. The predicted molar refractivity (Wildman–Crippen MR) is 33.6 cm³/mol. The van der Waals surface area contributed by atoms with Gasteiger partial charge in [-0.25, -0.2) is 0 Å². The number of hydrogen-bond donors (Lipinski definition) is 3. The van der Waals surface area contributed by atoms with Crippen molar-refractivity contribution in [3.63, 3.8) is 0 Å². The van der Waals surface area contributed by atoms with Gasteiger partial charge in [0.05, 0.1) is 0 Å². The van der Waals surface area contributed by atoms with Crippen molar-refractivity contribution < 1.29 is 24.9 Å². The first-order chi connectivity index (χ1) is 5.04. The summed E-state index contributed by atoms with van der Waals surface area (Å²) in [5.41, 5.74) is 0. The van der Waals surface area contributed by atoms with Gasteiger partial charge in [-0.2, -0.15) is 0 Å². The first-order valence-electron chi connectivity index (χ1n) is 3.27. The van der Waals surface area contributed by atoms with Crippen LogP contribution < -0.4 is 0 Å². The molecule has 5 heteroatoms. The molecule has 0 unspecified atom stereocenters. The number of aliphatic hydroxyl groups is 3. The number of hydrogen-bond acceptors (Lipinski definition) is 5. The van der Waals surface area contributed by atoms with Gasteiger partial charge in [0.1, 0.15) is 18.3 Å². The van der Waals surface area contributed by atoms with Crippen LogP contribution in [0.2, 0.25) is 0 Å². The van der Waals surface area contributed by atoms with Gasteiger partial charge in [-0.1, -0.05) is 0 Å². The monoisotopic (exact) mass is 162 g/mol. The first-order valence-corrected chi connectivity index (χ1v) is 3.27. The summed E-state index contributed by atoms with van der Waals surface area (Å²) >= 11 is 0. The summed E-state index contributed by atoms with van der Waals surface area (Å²) in [5.74, 6) is -0.609. The molecule has 1 saturated heterocycles. The van der Waals surface area contributed by atoms with Crippen LogP contribution in [0.3, 0.4) is 0 Å². The van der Waals surface area contributed by atoms with Crippen molar-refractivity contribution in [1.29, 1.82) is 0 Å². The molecule has 0 bridgehead atoms. The molecule has 3 N–H and O–H groups in total. The number of aliphatic hydroxyl groups excluding tert-OH is 3. The van der Waals surface area contributed by atoms with Gasteiger partial charge in [0.25, 0.3) is 0 Å². The van der Waals surface area contributed by atoms with Crippen molar-refractivity contribution in [3.05, 3.63) is 0 Å². The van der Waals surface area contributed by atoms with E-state index >= 15 is 0 Å². The second kappa shape index (κ2) is 2.86. The zero-order valence-electron chi connectivity index (χ0n) is 5.97. The lowest BCUT2D eigenvalue weighted by Gasteiger charge is -2.31. The molecule has 1 heterocycles. The molecular weight excluding hydrogens is 152 g/mol. The summed E-state index contributed by atoms with van der Waals surface area (Å²) in [6.07, 6.45) is -5.39. The van der Waals surface area contributed by atoms with E-state index in [2.05, 4.69) is 4.74 Å². The van der Waals surface area contributed by atoms with Gasteiger partial charge in [-0.05, 0) is 6.92 Å². The molecule has 11 heavy (non-hydrogen) atoms. The third kappa shape index (κ3) is 1.41. The maximum atomic E-state index is 10.8. The fourth-order valence-electron chi connectivity index (χ4n) is 0.921. The molecule has 0 aromatic rings. The van der Waals surface area contributed by atoms with E-state index in [4.69, 9.17) is 15.3 Å². The minimum absolute atomic E-state index is 0.609. The molecule has 0 radical (unpaired) electrons. The van der Waals surface area contributed by atoms with Crippen LogP contribution in [0.5, 0.6) is 0 Å². The Morgan fingerprint density at radius 2 is 1.91 bits per heavy atom. The molecule has 1 aliphatic rings. The minimum atomic E-state index is -1.53. The van der Waals surface area contributed by atoms with E-state index in [0.29, 0.717) is 0 Å². The maximum absolute atomic E-state index is 10.8. The van der Waals surface area contributed by atoms with Crippen LogP contribution in [0.15, 0.2) is 0 Å². The van der Waals surface area contributed by atoms with Gasteiger partial charge in [0, 0.05) is 0 Å². The summed E-state index contributed by atoms with van der Waals surface area (Å²) in [7, 11) is 0. The van der Waals surface area contributed by atoms with E-state index in [0.717, 1.165) is 0 Å². The molecule has 0 aromatic carbocycles. The number of ketones is 1. The van der Waals surface area contributed by atoms with E-state index < -0.39 is 30.4 Å². The summed E-state index contributed by atoms with van der Waals surface area (Å²) in [4.78, 5) is 10.8. The van der Waals surface area contributed by atoms with Crippen molar-refractivity contribution in [1.82, 2.24) is 0 Å². The highest BCUT2D eigenvalue weighted by Crippen LogP contribution is 2.14. The van der Waals surface area contributed by atoms with Crippen molar-refractivity contribution >= 4 is 5.78 Å². The normalized spacial score (nSPS) is 46.0. The Morgan fingerprint density at radius 3 is 2.45 bits per heavy atom. The lowest BCUT2D eigenvalue weighted by molar-refractivity contribution is -0.232. The summed E-state index contributed by atoms with van der Waals surface area (Å²) < 4.78 is 4.58. The SMILES string of the molecule is C[C@H]1O[C@H](O)[C@H](O)[C@H](O)C1=O. The van der Waals surface area contributed by atoms with Crippen LogP contribution in [0, 0.1) is 0 Å². The van der Waals surface area contributed by atoms with E-state index in [1.165, 1.54) is 6.92 Å². The molecule has 0 amide bonds. The van der Waals surface area contributed by atoms with Crippen molar-refractivity contribution in [2.45, 2.75) is 31.5 Å². The molecular formula is C6H10O5. The lowest BCUT2D eigenvalue weighted by Crippen LogP contribution is -2.53. The molecule has 0 spiro atoms. The fourth-order valence-corrected chi connectivity index (χ4v) is 0.921. The number of carbonyl (C=O) groups excluding carboxylic acids is 1. The highest BCUT2D eigenvalue weighted by molar-refractivity contribution is 5.88. The van der Waals surface area contributed by atoms with Crippen LogP contribution in [0.4, 0.5) is 0 Å². The van der Waals surface area contributed by atoms with Gasteiger partial charge < -0.3 is 20.1 Å². The Labute approximate surface area is 63.2 Å². The predicted octanol–water partition coefficient (Wildman–Crippen LogP) is -1.99. The van der Waals surface area contributed by atoms with E-state index in [9.17, 15) is 4.79 Å². The summed E-state index contributed by atoms with van der Waals surface area (Å²) in [5, 5.41) is 26.7. The van der Waals surface area contributed by atoms with Crippen LogP contribution in [-0.4, -0.2) is 45.7 Å². The molecule has 1 rings (SSSR count). The van der Waals surface area contributed by atoms with Gasteiger partial charge in [-0.3, -0.25) is 4.79 Å². The Kier molecular flexibility index (Phi) is 2.24. The van der Waals surface area contributed by atoms with Crippen molar-refractivity contribution in [2.24, 2.45) is 0 Å². The number of Topliss-reactive ketones (excluding diaryl/α,β-unsaturated/α-hetero) is 1. The highest BCUT2D eigenvalue weighted by atomic mass is 16.6. The van der Waals surface area contributed by atoms with Crippen molar-refractivity contribution in [2.75, 3.05) is 0 Å². The van der Waals surface area contributed by atoms with Crippen LogP contribution in [0.25, 0.3) is 0 Å². The smallest absolute Gasteiger partial charge is 0.192 e. The quantitative estimate of drug-likeness (QED) is 0.384. The van der Waals surface area contributed by atoms with Gasteiger partial charge in [0.2, 0.25) is 0 Å². The molecule has 1 aliphatic heterocycles. The molecule has 0 saturated carbocycles. The fraction of sp³-hybridized carbons (Fsp3) is 0.833. The summed E-state index contributed by atoms with van der Waals surface area (Å²) in [6.45, 7) is 1.40. The van der Waals surface area contributed by atoms with Crippen molar-refractivity contribution in [3.8, 4) is 0 Å². The van der Waals surface area contributed by atoms with Gasteiger partial charge in [0.15, 0.2) is 12.1 Å². The third-order valence-corrected chi connectivity index (χ3v) is 1.65. The van der Waals surface area contributed by atoms with Crippen LogP contribution in [0.1, 0.15) is 6.92 Å². The zero-order chi connectivity index (χ0) is 8.59. The van der Waals surface area contributed by atoms with Crippen LogP contribution in [-0.2, 0) is 9.53 Å². The van der Waals surface area contributed by atoms with Gasteiger partial charge >= 0.3 is 0 Å². The zero-order valence-corrected chi connectivity index (χ0v) is 5.97. The van der Waals surface area contributed by atoms with E-state index in [1.807, 2.05) is 0 Å². The second-order valence-electron chi connectivity index (χ2n) is 2.51. The molecule has 0 aromatic heterocycles. The lowest BCUT2D eigenvalue weighted by atomic mass is 10.0. The third-order valence-electron chi connectivity index (χ3n) is 1.65. The topological polar surface area (TPSA) is 87.0 Å². The average Bonchev–Trinajstić information content (AvgIpc) is 1.97. The Bertz CT molecular complexity index is 168. The first kappa shape index (κ1) is 8.61. The molecule has 5 nitrogen and oxygen atoms in total. The highest BCUT2D eigenvalue weighted by Gasteiger charge is 2.40. The van der Waals surface area contributed by atoms with E-state index in [1.54, 1.807) is 0 Å². The maximum Gasteiger partial charge on any atom is 0.192 e. The minimum Gasteiger partial charge on any atom is -0.385 e. The molecule has 4 atom stereocenters. The van der Waals surface area contributed by atoms with E-state index in [-0.39, 0.29) is 0 Å². The standard InChI is InChI=1S/C6H10O5/c1-2-3(7)4(8)5(9)6(10)11-2/h2,4-6,8-10H,1H3/t2-,4-,5-,6+/m1/s1. The Balaban J connectivity index is 2.70. The van der Waals surface area contributed by atoms with Gasteiger partial charge in [-0.15, -0.1) is 0 Å². The molecule has 0 aliphatic carbocycles. The second-order valence-corrected chi connectivity index (χ2v) is 2.51. The summed E-state index contributed by atoms with van der Waals surface area (Å²) in [6, 6.07) is 0. The Morgan fingerprint density at radius 1 is 1.36 bits per heavy atom. The van der Waals surface area contributed by atoms with Crippen LogP contribution >= 0.6 is 0 Å². The Hall–Kier alpha value is -0.490. The number of carbonyl (C=O) groups is 1. The molecule has 1 fully saturated rings. The average molecular weight is 162 g/mol. The number of ether oxygens (including phenoxy) is 1. The molecule has 64 valence electrons. The largest absolute Gasteiger partial charge is 0.385 e.